The van der Waals surface area contributed by atoms with Gasteiger partial charge < -0.3 is 29.0 Å². The first-order chi connectivity index (χ1) is 16.7. The number of aliphatic hydroxyl groups excluding tert-OH is 1. The van der Waals surface area contributed by atoms with E-state index >= 15 is 0 Å². The van der Waals surface area contributed by atoms with E-state index in [9.17, 15) is 9.90 Å². The molecule has 2 aliphatic rings. The molecule has 4 aromatic rings. The van der Waals surface area contributed by atoms with E-state index < -0.39 is 0 Å². The fourth-order valence-corrected chi connectivity index (χ4v) is 5.20. The molecule has 174 valence electrons. The van der Waals surface area contributed by atoms with Crippen LogP contribution in [-0.4, -0.2) is 52.8 Å². The number of carbonyl (C=O) groups excluding carboxylic acids is 1. The van der Waals surface area contributed by atoms with E-state index in [1.165, 1.54) is 0 Å². The van der Waals surface area contributed by atoms with Crippen molar-refractivity contribution < 1.29 is 19.4 Å². The lowest BCUT2D eigenvalue weighted by Gasteiger charge is -2.17. The second-order valence-electron chi connectivity index (χ2n) is 8.82. The monoisotopic (exact) mass is 457 g/mol. The van der Waals surface area contributed by atoms with Crippen LogP contribution in [-0.2, 0) is 27.4 Å². The van der Waals surface area contributed by atoms with Crippen LogP contribution in [0.15, 0.2) is 60.9 Å². The van der Waals surface area contributed by atoms with Crippen LogP contribution < -0.4 is 5.32 Å². The van der Waals surface area contributed by atoms with Crippen molar-refractivity contribution in [2.24, 2.45) is 0 Å². The number of amides is 1. The molecule has 2 aliphatic heterocycles. The van der Waals surface area contributed by atoms with E-state index in [0.29, 0.717) is 38.3 Å². The number of hydrogen-bond donors (Lipinski definition) is 2. The lowest BCUT2D eigenvalue weighted by atomic mass is 9.94. The van der Waals surface area contributed by atoms with Crippen LogP contribution in [0.3, 0.4) is 0 Å². The Morgan fingerprint density at radius 2 is 1.62 bits per heavy atom. The number of fused-ring (bicyclic) bond motifs is 12. The van der Waals surface area contributed by atoms with Crippen LogP contribution in [0.1, 0.15) is 17.5 Å². The number of ether oxygens (including phenoxy) is 2. The van der Waals surface area contributed by atoms with Gasteiger partial charge in [-0.1, -0.05) is 36.4 Å². The standard InChI is InChI=1S/C27H27N3O4/c31-15-18-9-10-29-14-22(20-6-2-4-8-25(20)29)26-23(16-33-17-28-27(26)32)21-13-30(11-12-34-18)24-7-3-1-5-19(21)24/h1-8,13-14,18,31H,9-12,15-17H2,(H,28,32)/t18-/m0/s1. The molecule has 7 nitrogen and oxygen atoms in total. The zero-order valence-electron chi connectivity index (χ0n) is 18.9. The highest BCUT2D eigenvalue weighted by atomic mass is 16.5. The molecule has 0 radical (unpaired) electrons. The zero-order chi connectivity index (χ0) is 23.1. The van der Waals surface area contributed by atoms with Crippen molar-refractivity contribution in [1.82, 2.24) is 14.5 Å². The summed E-state index contributed by atoms with van der Waals surface area (Å²) in [4.78, 5) is 13.5. The lowest BCUT2D eigenvalue weighted by Crippen LogP contribution is -2.24. The average molecular weight is 458 g/mol. The number of rotatable bonds is 1. The Morgan fingerprint density at radius 3 is 2.38 bits per heavy atom. The van der Waals surface area contributed by atoms with Gasteiger partial charge in [0.05, 0.1) is 31.5 Å². The first-order valence-corrected chi connectivity index (χ1v) is 11.7. The first-order valence-electron chi connectivity index (χ1n) is 11.7. The van der Waals surface area contributed by atoms with Crippen LogP contribution in [0.25, 0.3) is 33.0 Å². The van der Waals surface area contributed by atoms with Gasteiger partial charge in [0.2, 0.25) is 0 Å². The highest BCUT2D eigenvalue weighted by molar-refractivity contribution is 6.30. The number of nitrogens with zero attached hydrogens (tertiary/aromatic N) is 2. The predicted molar refractivity (Wildman–Crippen MR) is 131 cm³/mol. The molecule has 2 aromatic heterocycles. The molecule has 1 amide bonds. The highest BCUT2D eigenvalue weighted by Gasteiger charge is 2.27. The van der Waals surface area contributed by atoms with Gasteiger partial charge in [-0.05, 0) is 18.6 Å². The van der Waals surface area contributed by atoms with E-state index in [2.05, 4.69) is 51.1 Å². The van der Waals surface area contributed by atoms with E-state index in [1.54, 1.807) is 0 Å². The molecule has 6 rings (SSSR count). The maximum atomic E-state index is 13.5. The minimum Gasteiger partial charge on any atom is -0.394 e. The molecule has 0 unspecified atom stereocenters. The molecule has 0 aliphatic carbocycles. The summed E-state index contributed by atoms with van der Waals surface area (Å²) in [6.45, 7) is 2.31. The normalized spacial score (nSPS) is 19.6. The Labute approximate surface area is 197 Å². The van der Waals surface area contributed by atoms with Crippen LogP contribution in [0, 0.1) is 0 Å². The largest absolute Gasteiger partial charge is 0.394 e. The summed E-state index contributed by atoms with van der Waals surface area (Å²) in [5, 5.41) is 14.9. The van der Waals surface area contributed by atoms with Crippen LogP contribution in [0.2, 0.25) is 0 Å². The van der Waals surface area contributed by atoms with Gasteiger partial charge in [-0.3, -0.25) is 4.79 Å². The van der Waals surface area contributed by atoms with Crippen LogP contribution >= 0.6 is 0 Å². The summed E-state index contributed by atoms with van der Waals surface area (Å²) in [6.07, 6.45) is 4.58. The third-order valence-corrected chi connectivity index (χ3v) is 6.86. The minimum absolute atomic E-state index is 0.0290. The van der Waals surface area contributed by atoms with Gasteiger partial charge in [0, 0.05) is 64.0 Å². The molecule has 4 heterocycles. The molecule has 34 heavy (non-hydrogen) atoms. The Morgan fingerprint density at radius 1 is 0.941 bits per heavy atom. The minimum atomic E-state index is -0.252. The summed E-state index contributed by atoms with van der Waals surface area (Å²) in [6, 6.07) is 16.4. The molecule has 7 heteroatoms. The molecule has 2 N–H and O–H groups in total. The topological polar surface area (TPSA) is 77.7 Å². The average Bonchev–Trinajstić information content (AvgIpc) is 3.34. The molecule has 0 spiro atoms. The summed E-state index contributed by atoms with van der Waals surface area (Å²) >= 11 is 0. The maximum Gasteiger partial charge on any atom is 0.254 e. The van der Waals surface area contributed by atoms with Crippen molar-refractivity contribution in [3.63, 3.8) is 0 Å². The lowest BCUT2D eigenvalue weighted by molar-refractivity contribution is -0.116. The van der Waals surface area contributed by atoms with Gasteiger partial charge in [-0.15, -0.1) is 0 Å². The molecule has 0 saturated heterocycles. The number of aromatic nitrogens is 2. The number of carbonyl (C=O) groups is 1. The van der Waals surface area contributed by atoms with E-state index in [1.807, 2.05) is 24.3 Å². The molecule has 4 bridgehead atoms. The number of para-hydroxylation sites is 2. The Kier molecular flexibility index (Phi) is 5.45. The highest BCUT2D eigenvalue weighted by Crippen LogP contribution is 2.37. The van der Waals surface area contributed by atoms with Crippen molar-refractivity contribution in [1.29, 1.82) is 0 Å². The third kappa shape index (κ3) is 3.53. The van der Waals surface area contributed by atoms with E-state index in [4.69, 9.17) is 9.47 Å². The molecular formula is C27H27N3O4. The molecule has 1 atom stereocenters. The Hall–Kier alpha value is -3.39. The van der Waals surface area contributed by atoms with Gasteiger partial charge >= 0.3 is 0 Å². The first kappa shape index (κ1) is 21.2. The summed E-state index contributed by atoms with van der Waals surface area (Å²) in [7, 11) is 0. The van der Waals surface area contributed by atoms with Crippen molar-refractivity contribution in [2.45, 2.75) is 25.6 Å². The predicted octanol–water partition coefficient (Wildman–Crippen LogP) is 3.39. The van der Waals surface area contributed by atoms with Gasteiger partial charge in [-0.2, -0.15) is 0 Å². The van der Waals surface area contributed by atoms with Gasteiger partial charge in [-0.25, -0.2) is 0 Å². The van der Waals surface area contributed by atoms with Crippen molar-refractivity contribution in [3.05, 3.63) is 72.1 Å². The number of benzene rings is 2. The third-order valence-electron chi connectivity index (χ3n) is 6.86. The van der Waals surface area contributed by atoms with Crippen molar-refractivity contribution >= 4 is 38.9 Å². The van der Waals surface area contributed by atoms with Crippen molar-refractivity contribution in [2.75, 3.05) is 26.6 Å². The van der Waals surface area contributed by atoms with E-state index in [0.717, 1.165) is 38.5 Å². The molecule has 0 fully saturated rings. The molecule has 0 saturated carbocycles. The number of hydrogen-bond acceptors (Lipinski definition) is 4. The summed E-state index contributed by atoms with van der Waals surface area (Å²) < 4.78 is 16.3. The maximum absolute atomic E-state index is 13.5. The summed E-state index contributed by atoms with van der Waals surface area (Å²) in [5.74, 6) is -0.129. The second-order valence-corrected chi connectivity index (χ2v) is 8.82. The zero-order valence-corrected chi connectivity index (χ0v) is 18.9. The molecular weight excluding hydrogens is 430 g/mol. The van der Waals surface area contributed by atoms with Gasteiger partial charge in [0.25, 0.3) is 5.91 Å². The fourth-order valence-electron chi connectivity index (χ4n) is 5.20. The van der Waals surface area contributed by atoms with E-state index in [-0.39, 0.29) is 25.3 Å². The van der Waals surface area contributed by atoms with Gasteiger partial charge in [0.15, 0.2) is 0 Å². The van der Waals surface area contributed by atoms with Crippen LogP contribution in [0.5, 0.6) is 0 Å². The summed E-state index contributed by atoms with van der Waals surface area (Å²) in [5.41, 5.74) is 5.56. The quantitative estimate of drug-likeness (QED) is 0.459. The van der Waals surface area contributed by atoms with Gasteiger partial charge in [0.1, 0.15) is 6.73 Å². The fraction of sp³-hybridized carbons (Fsp3) is 0.296. The Bertz CT molecular complexity index is 1410. The van der Waals surface area contributed by atoms with Crippen LogP contribution in [0.4, 0.5) is 0 Å². The number of nitrogens with one attached hydrogen (secondary N) is 1. The van der Waals surface area contributed by atoms with Crippen molar-refractivity contribution in [3.8, 4) is 0 Å². The number of aryl methyl sites for hydroxylation is 1. The Balaban J connectivity index is 1.67. The second kappa shape index (κ2) is 8.76. The molecule has 2 aromatic carbocycles. The smallest absolute Gasteiger partial charge is 0.254 e. The number of aliphatic hydroxyl groups is 1. The SMILES string of the molecule is O=C1NCOCC2=C1c1cn(c3ccccc13)CC[C@@H](CO)OCCn1cc2c2ccccc21.